The number of carbonyl (C=O) groups excluding carboxylic acids is 2. The van der Waals surface area contributed by atoms with Crippen LogP contribution < -0.4 is 4.90 Å². The number of esters is 1. The number of hydrogen-bond donors (Lipinski definition) is 0. The van der Waals surface area contributed by atoms with E-state index in [-0.39, 0.29) is 35.7 Å². The minimum Gasteiger partial charge on any atom is -0.462 e. The van der Waals surface area contributed by atoms with Gasteiger partial charge in [0.2, 0.25) is 5.91 Å². The molecule has 0 aromatic heterocycles. The third kappa shape index (κ3) is 1.74. The summed E-state index contributed by atoms with van der Waals surface area (Å²) in [6, 6.07) is 7.91. The Morgan fingerprint density at radius 1 is 1.24 bits per heavy atom. The van der Waals surface area contributed by atoms with Crippen molar-refractivity contribution in [3.05, 3.63) is 29.8 Å². The lowest BCUT2D eigenvalue weighted by Crippen LogP contribution is -2.41. The molecule has 1 saturated heterocycles. The molecule has 1 heterocycles. The third-order valence-electron chi connectivity index (χ3n) is 5.52. The van der Waals surface area contributed by atoms with Gasteiger partial charge in [0.1, 0.15) is 6.10 Å². The normalized spacial score (nSPS) is 35.9. The molecule has 5 atom stereocenters. The molecule has 3 fully saturated rings. The number of aryl methyl sites for hydroxylation is 1. The lowest BCUT2D eigenvalue weighted by molar-refractivity contribution is -0.145. The Balaban J connectivity index is 1.60. The molecule has 0 unspecified atom stereocenters. The van der Waals surface area contributed by atoms with Crippen LogP contribution in [0.5, 0.6) is 0 Å². The maximum Gasteiger partial charge on any atom is 0.310 e. The second-order valence-corrected chi connectivity index (χ2v) is 6.66. The highest BCUT2D eigenvalue weighted by Crippen LogP contribution is 2.58. The van der Waals surface area contributed by atoms with Crippen molar-refractivity contribution in [1.29, 1.82) is 0 Å². The highest BCUT2D eigenvalue weighted by atomic mass is 16.6. The molecule has 2 bridgehead atoms. The van der Waals surface area contributed by atoms with Crippen molar-refractivity contribution in [2.75, 3.05) is 11.9 Å². The van der Waals surface area contributed by atoms with E-state index in [2.05, 4.69) is 0 Å². The number of fused-ring (bicyclic) bond motifs is 1. The van der Waals surface area contributed by atoms with Gasteiger partial charge in [0, 0.05) is 18.7 Å². The molecule has 4 rings (SSSR count). The Kier molecular flexibility index (Phi) is 2.65. The summed E-state index contributed by atoms with van der Waals surface area (Å²) in [4.78, 5) is 26.6. The topological polar surface area (TPSA) is 46.6 Å². The number of ether oxygens (including phenoxy) is 1. The van der Waals surface area contributed by atoms with Crippen LogP contribution in [-0.2, 0) is 14.3 Å². The first-order valence-corrected chi connectivity index (χ1v) is 7.61. The predicted molar refractivity (Wildman–Crippen MR) is 77.7 cm³/mol. The van der Waals surface area contributed by atoms with Gasteiger partial charge in [-0.05, 0) is 37.8 Å². The van der Waals surface area contributed by atoms with Gasteiger partial charge in [-0.2, -0.15) is 0 Å². The lowest BCUT2D eigenvalue weighted by atomic mass is 9.79. The average Bonchev–Trinajstić information content (AvgIpc) is 3.08. The zero-order valence-electron chi connectivity index (χ0n) is 12.3. The van der Waals surface area contributed by atoms with E-state index >= 15 is 0 Å². The second kappa shape index (κ2) is 4.33. The van der Waals surface area contributed by atoms with Crippen LogP contribution in [0.1, 0.15) is 18.4 Å². The summed E-state index contributed by atoms with van der Waals surface area (Å²) in [7, 11) is 1.80. The number of amides is 1. The summed E-state index contributed by atoms with van der Waals surface area (Å²) in [5, 5.41) is 0. The van der Waals surface area contributed by atoms with E-state index in [1.54, 1.807) is 11.9 Å². The maximum absolute atomic E-state index is 12.9. The molecule has 0 N–H and O–H groups in total. The van der Waals surface area contributed by atoms with Gasteiger partial charge < -0.3 is 9.64 Å². The summed E-state index contributed by atoms with van der Waals surface area (Å²) in [5.41, 5.74) is 2.05. The Morgan fingerprint density at radius 3 is 2.67 bits per heavy atom. The van der Waals surface area contributed by atoms with Gasteiger partial charge in [-0.15, -0.1) is 0 Å². The quantitative estimate of drug-likeness (QED) is 0.782. The number of carbonyl (C=O) groups is 2. The van der Waals surface area contributed by atoms with Gasteiger partial charge in [-0.1, -0.05) is 17.7 Å². The molecule has 3 aliphatic rings. The van der Waals surface area contributed by atoms with Crippen LogP contribution >= 0.6 is 0 Å². The van der Waals surface area contributed by atoms with Crippen molar-refractivity contribution in [2.24, 2.45) is 23.7 Å². The minimum absolute atomic E-state index is 0.0636. The van der Waals surface area contributed by atoms with Crippen molar-refractivity contribution in [3.63, 3.8) is 0 Å². The summed E-state index contributed by atoms with van der Waals surface area (Å²) in [5.74, 6) is 0.121. The zero-order valence-corrected chi connectivity index (χ0v) is 12.3. The molecule has 21 heavy (non-hydrogen) atoms. The smallest absolute Gasteiger partial charge is 0.310 e. The fourth-order valence-corrected chi connectivity index (χ4v) is 4.46. The number of rotatable bonds is 2. The predicted octanol–water partition coefficient (Wildman–Crippen LogP) is 2.16. The van der Waals surface area contributed by atoms with Crippen molar-refractivity contribution < 1.29 is 14.3 Å². The van der Waals surface area contributed by atoms with Gasteiger partial charge in [-0.25, -0.2) is 0 Å². The second-order valence-electron chi connectivity index (χ2n) is 6.66. The van der Waals surface area contributed by atoms with E-state index in [4.69, 9.17) is 4.74 Å². The number of anilines is 1. The van der Waals surface area contributed by atoms with Crippen LogP contribution in [0, 0.1) is 30.6 Å². The van der Waals surface area contributed by atoms with E-state index < -0.39 is 0 Å². The highest BCUT2D eigenvalue weighted by molar-refractivity contribution is 5.98. The first-order valence-electron chi connectivity index (χ1n) is 7.61. The molecule has 1 aliphatic heterocycles. The van der Waals surface area contributed by atoms with Gasteiger partial charge in [-0.3, -0.25) is 9.59 Å². The summed E-state index contributed by atoms with van der Waals surface area (Å²) >= 11 is 0. The third-order valence-corrected chi connectivity index (χ3v) is 5.52. The van der Waals surface area contributed by atoms with Crippen LogP contribution in [0.3, 0.4) is 0 Å². The fraction of sp³-hybridized carbons (Fsp3) is 0.529. The van der Waals surface area contributed by atoms with Gasteiger partial charge in [0.25, 0.3) is 0 Å². The summed E-state index contributed by atoms with van der Waals surface area (Å²) in [6.07, 6.45) is 1.92. The van der Waals surface area contributed by atoms with Crippen LogP contribution in [0.2, 0.25) is 0 Å². The van der Waals surface area contributed by atoms with E-state index in [9.17, 15) is 9.59 Å². The molecule has 1 aromatic carbocycles. The molecule has 4 nitrogen and oxygen atoms in total. The van der Waals surface area contributed by atoms with Crippen molar-refractivity contribution in [3.8, 4) is 0 Å². The molecule has 2 aliphatic carbocycles. The first-order chi connectivity index (χ1) is 10.1. The standard InChI is InChI=1S/C17H19NO3/c1-9-3-5-11(6-4-9)18(2)16(19)14-10-7-12-13(8-10)21-17(20)15(12)14/h3-6,10,12-15H,7-8H2,1-2H3/t10-,12+,13-,14+,15-/m1/s1. The number of hydrogen-bond acceptors (Lipinski definition) is 3. The van der Waals surface area contributed by atoms with Crippen molar-refractivity contribution >= 4 is 17.6 Å². The highest BCUT2D eigenvalue weighted by Gasteiger charge is 2.64. The zero-order chi connectivity index (χ0) is 14.7. The molecule has 1 amide bonds. The largest absolute Gasteiger partial charge is 0.462 e. The summed E-state index contributed by atoms with van der Waals surface area (Å²) in [6.45, 7) is 2.02. The summed E-state index contributed by atoms with van der Waals surface area (Å²) < 4.78 is 5.41. The fourth-order valence-electron chi connectivity index (χ4n) is 4.46. The first kappa shape index (κ1) is 12.9. The van der Waals surface area contributed by atoms with E-state index in [0.717, 1.165) is 18.5 Å². The molecular weight excluding hydrogens is 266 g/mol. The molecule has 2 saturated carbocycles. The van der Waals surface area contributed by atoms with Gasteiger partial charge in [0.05, 0.1) is 11.8 Å². The van der Waals surface area contributed by atoms with Crippen LogP contribution in [-0.4, -0.2) is 25.0 Å². The molecule has 110 valence electrons. The van der Waals surface area contributed by atoms with E-state index in [0.29, 0.717) is 5.92 Å². The minimum atomic E-state index is -0.200. The lowest BCUT2D eigenvalue weighted by Gasteiger charge is -2.28. The Morgan fingerprint density at radius 2 is 1.95 bits per heavy atom. The molecule has 0 radical (unpaired) electrons. The van der Waals surface area contributed by atoms with Crippen molar-refractivity contribution in [2.45, 2.75) is 25.9 Å². The Hall–Kier alpha value is -1.84. The molecule has 4 heteroatoms. The molecule has 1 aromatic rings. The van der Waals surface area contributed by atoms with Crippen molar-refractivity contribution in [1.82, 2.24) is 0 Å². The number of benzene rings is 1. The van der Waals surface area contributed by atoms with Gasteiger partial charge in [0.15, 0.2) is 0 Å². The maximum atomic E-state index is 12.9. The molecule has 0 spiro atoms. The molecular formula is C17H19NO3. The average molecular weight is 285 g/mol. The van der Waals surface area contributed by atoms with Gasteiger partial charge >= 0.3 is 5.97 Å². The SMILES string of the molecule is Cc1ccc(N(C)C(=O)[C@H]2[C@@H]3C[C@@H]4[C@H]2C(=O)O[C@@H]4C3)cc1. The Labute approximate surface area is 124 Å². The van der Waals surface area contributed by atoms with E-state index in [1.165, 1.54) is 5.56 Å². The van der Waals surface area contributed by atoms with Crippen LogP contribution in [0.25, 0.3) is 0 Å². The number of nitrogens with zero attached hydrogens (tertiary/aromatic N) is 1. The van der Waals surface area contributed by atoms with Crippen LogP contribution in [0.15, 0.2) is 24.3 Å². The van der Waals surface area contributed by atoms with Crippen LogP contribution in [0.4, 0.5) is 5.69 Å². The Bertz CT molecular complexity index is 607. The monoisotopic (exact) mass is 285 g/mol. The van der Waals surface area contributed by atoms with E-state index in [1.807, 2.05) is 31.2 Å².